The molecule has 0 saturated heterocycles. The van der Waals surface area contributed by atoms with E-state index in [2.05, 4.69) is 6.58 Å². The van der Waals surface area contributed by atoms with Crippen molar-refractivity contribution in [3.63, 3.8) is 0 Å². The van der Waals surface area contributed by atoms with Gasteiger partial charge in [0.25, 0.3) is 0 Å². The molecule has 1 atom stereocenters. The Morgan fingerprint density at radius 3 is 2.53 bits per heavy atom. The fourth-order valence-electron chi connectivity index (χ4n) is 1.06. The average molecular weight is 226 g/mol. The van der Waals surface area contributed by atoms with E-state index in [0.717, 1.165) is 5.56 Å². The molecule has 0 bridgehead atoms. The standard InChI is InChI=1S/C11H15O3P/c1-3-13-15(12,4-2)14-10-11-8-6-5-7-9-11/h4-9H,2-3,10H2,1H3. The third kappa shape index (κ3) is 4.00. The van der Waals surface area contributed by atoms with Gasteiger partial charge in [-0.1, -0.05) is 36.9 Å². The normalized spacial score (nSPS) is 14.5. The molecule has 0 radical (unpaired) electrons. The van der Waals surface area contributed by atoms with E-state index in [1.54, 1.807) is 6.92 Å². The fraction of sp³-hybridized carbons (Fsp3) is 0.273. The van der Waals surface area contributed by atoms with Crippen LogP contribution in [-0.2, 0) is 20.2 Å². The summed E-state index contributed by atoms with van der Waals surface area (Å²) in [6.45, 7) is 5.83. The molecule has 0 aliphatic carbocycles. The van der Waals surface area contributed by atoms with Crippen molar-refractivity contribution in [2.45, 2.75) is 13.5 Å². The average Bonchev–Trinajstić information content (AvgIpc) is 2.28. The molecule has 0 N–H and O–H groups in total. The molecule has 82 valence electrons. The lowest BCUT2D eigenvalue weighted by Crippen LogP contribution is -1.94. The van der Waals surface area contributed by atoms with Crippen molar-refractivity contribution >= 4 is 7.60 Å². The van der Waals surface area contributed by atoms with Gasteiger partial charge in [-0.3, -0.25) is 4.57 Å². The predicted octanol–water partition coefficient (Wildman–Crippen LogP) is 3.58. The minimum absolute atomic E-state index is 0.268. The summed E-state index contributed by atoms with van der Waals surface area (Å²) in [7, 11) is -3.10. The topological polar surface area (TPSA) is 35.5 Å². The molecule has 0 heterocycles. The molecule has 0 fully saturated rings. The molecule has 1 aromatic carbocycles. The second-order valence-electron chi connectivity index (χ2n) is 2.90. The van der Waals surface area contributed by atoms with Crippen LogP contribution >= 0.6 is 7.60 Å². The Hall–Kier alpha value is -0.890. The van der Waals surface area contributed by atoms with E-state index >= 15 is 0 Å². The van der Waals surface area contributed by atoms with Crippen molar-refractivity contribution in [1.82, 2.24) is 0 Å². The first kappa shape index (κ1) is 12.2. The van der Waals surface area contributed by atoms with Gasteiger partial charge in [0.2, 0.25) is 0 Å². The van der Waals surface area contributed by atoms with Gasteiger partial charge in [-0.15, -0.1) is 0 Å². The highest BCUT2D eigenvalue weighted by molar-refractivity contribution is 7.57. The molecule has 0 spiro atoms. The Morgan fingerprint density at radius 2 is 2.00 bits per heavy atom. The number of hydrogen-bond acceptors (Lipinski definition) is 3. The first-order valence-corrected chi connectivity index (χ1v) is 6.37. The molecule has 1 unspecified atom stereocenters. The van der Waals surface area contributed by atoms with Crippen molar-refractivity contribution in [3.8, 4) is 0 Å². The van der Waals surface area contributed by atoms with Crippen LogP contribution in [0.5, 0.6) is 0 Å². The maximum absolute atomic E-state index is 11.8. The van der Waals surface area contributed by atoms with Gasteiger partial charge in [-0.2, -0.15) is 0 Å². The van der Waals surface area contributed by atoms with Crippen molar-refractivity contribution in [1.29, 1.82) is 0 Å². The van der Waals surface area contributed by atoms with Crippen LogP contribution in [0.15, 0.2) is 42.7 Å². The van der Waals surface area contributed by atoms with Crippen LogP contribution in [0.4, 0.5) is 0 Å². The molecule has 0 aromatic heterocycles. The third-order valence-electron chi connectivity index (χ3n) is 1.79. The van der Waals surface area contributed by atoms with Crippen LogP contribution in [0.25, 0.3) is 0 Å². The summed E-state index contributed by atoms with van der Waals surface area (Å²) in [5.74, 6) is 1.24. The maximum Gasteiger partial charge on any atom is 0.353 e. The van der Waals surface area contributed by atoms with Crippen LogP contribution in [-0.4, -0.2) is 6.61 Å². The molecule has 0 aliphatic rings. The van der Waals surface area contributed by atoms with E-state index in [1.807, 2.05) is 30.3 Å². The van der Waals surface area contributed by atoms with Gasteiger partial charge < -0.3 is 9.05 Å². The van der Waals surface area contributed by atoms with Crippen molar-refractivity contribution < 1.29 is 13.6 Å². The zero-order valence-corrected chi connectivity index (χ0v) is 9.65. The summed E-state index contributed by atoms with van der Waals surface area (Å²) in [5.41, 5.74) is 0.958. The van der Waals surface area contributed by atoms with E-state index in [-0.39, 0.29) is 6.61 Å². The van der Waals surface area contributed by atoms with E-state index in [4.69, 9.17) is 9.05 Å². The maximum atomic E-state index is 11.8. The minimum Gasteiger partial charge on any atom is -0.306 e. The largest absolute Gasteiger partial charge is 0.353 e. The lowest BCUT2D eigenvalue weighted by Gasteiger charge is -2.13. The lowest BCUT2D eigenvalue weighted by molar-refractivity contribution is 0.213. The van der Waals surface area contributed by atoms with Gasteiger partial charge in [0.15, 0.2) is 0 Å². The highest BCUT2D eigenvalue weighted by atomic mass is 31.2. The van der Waals surface area contributed by atoms with Crippen molar-refractivity contribution in [2.24, 2.45) is 0 Å². The summed E-state index contributed by atoms with van der Waals surface area (Å²) in [4.78, 5) is 0. The molecule has 0 aliphatic heterocycles. The van der Waals surface area contributed by atoms with Crippen LogP contribution in [0.3, 0.4) is 0 Å². The van der Waals surface area contributed by atoms with Gasteiger partial charge in [0.1, 0.15) is 0 Å². The highest BCUT2D eigenvalue weighted by Crippen LogP contribution is 2.49. The number of hydrogen-bond donors (Lipinski definition) is 0. The third-order valence-corrected chi connectivity index (χ3v) is 3.34. The zero-order valence-electron chi connectivity index (χ0n) is 8.76. The lowest BCUT2D eigenvalue weighted by atomic mass is 10.2. The number of rotatable bonds is 6. The zero-order chi connectivity index (χ0) is 11.1. The summed E-state index contributed by atoms with van der Waals surface area (Å²) >= 11 is 0. The summed E-state index contributed by atoms with van der Waals surface area (Å²) in [6.07, 6.45) is 0. The smallest absolute Gasteiger partial charge is 0.306 e. The molecule has 15 heavy (non-hydrogen) atoms. The van der Waals surface area contributed by atoms with Crippen LogP contribution in [0.2, 0.25) is 0 Å². The second kappa shape index (κ2) is 5.86. The van der Waals surface area contributed by atoms with Gasteiger partial charge in [-0.25, -0.2) is 0 Å². The van der Waals surface area contributed by atoms with Crippen LogP contribution in [0, 0.1) is 0 Å². The van der Waals surface area contributed by atoms with Crippen molar-refractivity contribution in [3.05, 3.63) is 48.3 Å². The quantitative estimate of drug-likeness (QED) is 0.695. The molecule has 0 amide bonds. The first-order valence-electron chi connectivity index (χ1n) is 4.76. The molecule has 0 saturated carbocycles. The Labute approximate surface area is 90.3 Å². The molecule has 4 heteroatoms. The molecular formula is C11H15O3P. The first-order chi connectivity index (χ1) is 7.20. The predicted molar refractivity (Wildman–Crippen MR) is 60.7 cm³/mol. The molecular weight excluding hydrogens is 211 g/mol. The Morgan fingerprint density at radius 1 is 1.33 bits per heavy atom. The van der Waals surface area contributed by atoms with E-state index in [1.165, 1.54) is 5.82 Å². The Balaban J connectivity index is 2.55. The van der Waals surface area contributed by atoms with Gasteiger partial charge in [-0.05, 0) is 12.5 Å². The minimum atomic E-state index is -3.10. The molecule has 1 rings (SSSR count). The SMILES string of the molecule is C=CP(=O)(OCC)OCc1ccccc1. The van der Waals surface area contributed by atoms with Gasteiger partial charge in [0, 0.05) is 5.82 Å². The Kier molecular flexibility index (Phi) is 4.76. The summed E-state index contributed by atoms with van der Waals surface area (Å²) in [6, 6.07) is 9.52. The highest BCUT2D eigenvalue weighted by Gasteiger charge is 2.18. The number of benzene rings is 1. The second-order valence-corrected chi connectivity index (χ2v) is 4.86. The molecule has 3 nitrogen and oxygen atoms in total. The monoisotopic (exact) mass is 226 g/mol. The summed E-state index contributed by atoms with van der Waals surface area (Å²) < 4.78 is 22.0. The van der Waals surface area contributed by atoms with Gasteiger partial charge >= 0.3 is 7.60 Å². The molecule has 1 aromatic rings. The fourth-order valence-corrected chi connectivity index (χ4v) is 2.04. The van der Waals surface area contributed by atoms with E-state index in [0.29, 0.717) is 6.61 Å². The Bertz CT molecular complexity index is 348. The van der Waals surface area contributed by atoms with E-state index in [9.17, 15) is 4.57 Å². The van der Waals surface area contributed by atoms with Gasteiger partial charge in [0.05, 0.1) is 13.2 Å². The van der Waals surface area contributed by atoms with Crippen molar-refractivity contribution in [2.75, 3.05) is 6.61 Å². The van der Waals surface area contributed by atoms with Crippen LogP contribution in [0.1, 0.15) is 12.5 Å². The van der Waals surface area contributed by atoms with E-state index < -0.39 is 7.60 Å². The van der Waals surface area contributed by atoms with Crippen LogP contribution < -0.4 is 0 Å². The summed E-state index contributed by atoms with van der Waals surface area (Å²) in [5, 5.41) is 0.